The van der Waals surface area contributed by atoms with Gasteiger partial charge in [-0.05, 0) is 55.3 Å². The van der Waals surface area contributed by atoms with Crippen molar-refractivity contribution in [1.29, 1.82) is 0 Å². The Balaban J connectivity index is 1.39. The van der Waals surface area contributed by atoms with Gasteiger partial charge in [-0.2, -0.15) is 5.10 Å². The highest BCUT2D eigenvalue weighted by atomic mass is 16.3. The molecular weight excluding hydrogens is 404 g/mol. The molecule has 0 saturated heterocycles. The maximum absolute atomic E-state index is 13.4. The molecule has 2 aromatic carbocycles. The van der Waals surface area contributed by atoms with E-state index in [1.807, 2.05) is 42.2 Å². The van der Waals surface area contributed by atoms with Gasteiger partial charge in [0.15, 0.2) is 0 Å². The molecule has 2 amide bonds. The summed E-state index contributed by atoms with van der Waals surface area (Å²) in [6.07, 6.45) is 4.22. The monoisotopic (exact) mass is 426 g/mol. The number of anilines is 2. The van der Waals surface area contributed by atoms with Crippen molar-refractivity contribution in [2.45, 2.75) is 13.3 Å². The van der Waals surface area contributed by atoms with Gasteiger partial charge in [0.05, 0.1) is 23.2 Å². The van der Waals surface area contributed by atoms with Crippen molar-refractivity contribution in [1.82, 2.24) is 9.78 Å². The zero-order valence-corrected chi connectivity index (χ0v) is 17.8. The highest BCUT2D eigenvalue weighted by Gasteiger charge is 2.26. The molecule has 0 aliphatic carbocycles. The van der Waals surface area contributed by atoms with E-state index in [0.29, 0.717) is 29.1 Å². The maximum atomic E-state index is 13.4. The van der Waals surface area contributed by atoms with Crippen molar-refractivity contribution in [3.05, 3.63) is 89.5 Å². The Morgan fingerprint density at radius 3 is 2.59 bits per heavy atom. The largest absolute Gasteiger partial charge is 0.469 e. The summed E-state index contributed by atoms with van der Waals surface area (Å²) >= 11 is 0. The van der Waals surface area contributed by atoms with Gasteiger partial charge in [-0.15, -0.1) is 0 Å². The number of furan rings is 1. The molecule has 0 unspecified atom stereocenters. The molecule has 0 saturated carbocycles. The topological polar surface area (TPSA) is 80.4 Å². The molecule has 0 radical (unpaired) electrons. The maximum Gasteiger partial charge on any atom is 0.259 e. The molecule has 32 heavy (non-hydrogen) atoms. The quantitative estimate of drug-likeness (QED) is 0.525. The van der Waals surface area contributed by atoms with E-state index >= 15 is 0 Å². The highest BCUT2D eigenvalue weighted by Crippen LogP contribution is 2.36. The van der Waals surface area contributed by atoms with Gasteiger partial charge in [0.2, 0.25) is 0 Å². The third-order valence-corrected chi connectivity index (χ3v) is 5.70. The van der Waals surface area contributed by atoms with Crippen LogP contribution in [0.4, 0.5) is 11.4 Å². The normalized spacial score (nSPS) is 12.6. The van der Waals surface area contributed by atoms with Crippen molar-refractivity contribution in [3.8, 4) is 11.3 Å². The van der Waals surface area contributed by atoms with Crippen molar-refractivity contribution in [2.75, 3.05) is 16.8 Å². The predicted molar refractivity (Wildman–Crippen MR) is 122 cm³/mol. The van der Waals surface area contributed by atoms with E-state index in [2.05, 4.69) is 10.4 Å². The number of rotatable bonds is 3. The minimum atomic E-state index is -0.248. The molecule has 7 heteroatoms. The number of aryl methyl sites for hydroxylation is 2. The number of benzene rings is 2. The number of carbonyl (C=O) groups is 2. The van der Waals surface area contributed by atoms with Crippen molar-refractivity contribution in [3.63, 3.8) is 0 Å². The number of nitrogens with one attached hydrogen (secondary N) is 1. The average molecular weight is 426 g/mol. The first-order valence-electron chi connectivity index (χ1n) is 10.4. The van der Waals surface area contributed by atoms with E-state index in [-0.39, 0.29) is 11.8 Å². The second-order valence-corrected chi connectivity index (χ2v) is 7.82. The number of nitrogens with zero attached hydrogens (tertiary/aromatic N) is 3. The first-order chi connectivity index (χ1) is 15.5. The van der Waals surface area contributed by atoms with Gasteiger partial charge in [0, 0.05) is 36.6 Å². The molecule has 0 atom stereocenters. The number of fused-ring (bicyclic) bond motifs is 3. The second kappa shape index (κ2) is 7.85. The summed E-state index contributed by atoms with van der Waals surface area (Å²) in [4.78, 5) is 27.6. The molecule has 2 aromatic heterocycles. The van der Waals surface area contributed by atoms with Crippen molar-refractivity contribution < 1.29 is 14.0 Å². The van der Waals surface area contributed by atoms with Crippen LogP contribution >= 0.6 is 0 Å². The predicted octanol–water partition coefficient (Wildman–Crippen LogP) is 4.44. The highest BCUT2D eigenvalue weighted by molar-refractivity contribution is 6.09. The third kappa shape index (κ3) is 3.47. The first-order valence-corrected chi connectivity index (χ1v) is 10.4. The standard InChI is InChI=1S/C25H22N4O3/c1-16-20(12-14-32-16)24(30)26-19-9-7-17(8-10-19)25(31)29-13-11-18-15-28(2)27-23(18)21-5-3-4-6-22(21)29/h3-10,12,14-15H,11,13H2,1-2H3,(H,26,30). The Bertz CT molecular complexity index is 1320. The van der Waals surface area contributed by atoms with Crippen LogP contribution in [0.5, 0.6) is 0 Å². The second-order valence-electron chi connectivity index (χ2n) is 7.82. The van der Waals surface area contributed by atoms with Gasteiger partial charge in [0.1, 0.15) is 5.76 Å². The van der Waals surface area contributed by atoms with Crippen LogP contribution in [0, 0.1) is 6.92 Å². The van der Waals surface area contributed by atoms with Crippen LogP contribution in [0.1, 0.15) is 32.0 Å². The molecule has 7 nitrogen and oxygen atoms in total. The summed E-state index contributed by atoms with van der Waals surface area (Å²) < 4.78 is 7.00. The van der Waals surface area contributed by atoms with Crippen molar-refractivity contribution in [2.24, 2.45) is 7.05 Å². The molecule has 5 rings (SSSR count). The number of para-hydroxylation sites is 1. The number of hydrogen-bond donors (Lipinski definition) is 1. The average Bonchev–Trinajstić information content (AvgIpc) is 3.36. The fraction of sp³-hybridized carbons (Fsp3) is 0.160. The molecule has 0 fully saturated rings. The minimum absolute atomic E-state index is 0.0875. The summed E-state index contributed by atoms with van der Waals surface area (Å²) in [6, 6.07) is 16.4. The van der Waals surface area contributed by atoms with Gasteiger partial charge in [-0.1, -0.05) is 18.2 Å². The molecule has 0 bridgehead atoms. The van der Waals surface area contributed by atoms with Crippen LogP contribution in [0.2, 0.25) is 0 Å². The fourth-order valence-corrected chi connectivity index (χ4v) is 4.09. The molecule has 1 N–H and O–H groups in total. The Morgan fingerprint density at radius 2 is 1.84 bits per heavy atom. The van der Waals surface area contributed by atoms with Gasteiger partial charge in [-0.25, -0.2) is 0 Å². The lowest BCUT2D eigenvalue weighted by atomic mass is 10.1. The molecule has 1 aliphatic rings. The SMILES string of the molecule is Cc1occc1C(=O)Nc1ccc(C(=O)N2CCc3cn(C)nc3-c3ccccc32)cc1. The van der Waals surface area contributed by atoms with Gasteiger partial charge in [-0.3, -0.25) is 14.3 Å². The van der Waals surface area contributed by atoms with Crippen LogP contribution in [-0.2, 0) is 13.5 Å². The van der Waals surface area contributed by atoms with E-state index in [0.717, 1.165) is 28.9 Å². The van der Waals surface area contributed by atoms with Gasteiger partial charge >= 0.3 is 0 Å². The van der Waals surface area contributed by atoms with Crippen LogP contribution in [0.3, 0.4) is 0 Å². The minimum Gasteiger partial charge on any atom is -0.469 e. The smallest absolute Gasteiger partial charge is 0.259 e. The van der Waals surface area contributed by atoms with Crippen LogP contribution in [-0.4, -0.2) is 28.1 Å². The number of amides is 2. The van der Waals surface area contributed by atoms with E-state index in [1.54, 1.807) is 42.2 Å². The zero-order valence-electron chi connectivity index (χ0n) is 17.8. The van der Waals surface area contributed by atoms with E-state index in [4.69, 9.17) is 4.42 Å². The summed E-state index contributed by atoms with van der Waals surface area (Å²) in [5, 5.41) is 7.45. The number of aromatic nitrogens is 2. The molecule has 0 spiro atoms. The number of hydrogen-bond acceptors (Lipinski definition) is 4. The molecule has 160 valence electrons. The zero-order chi connectivity index (χ0) is 22.2. The third-order valence-electron chi connectivity index (χ3n) is 5.70. The van der Waals surface area contributed by atoms with Crippen molar-refractivity contribution >= 4 is 23.2 Å². The van der Waals surface area contributed by atoms with E-state index in [1.165, 1.54) is 6.26 Å². The lowest BCUT2D eigenvalue weighted by molar-refractivity contribution is 0.0986. The lowest BCUT2D eigenvalue weighted by Crippen LogP contribution is -2.32. The molecular formula is C25H22N4O3. The van der Waals surface area contributed by atoms with Gasteiger partial charge in [0.25, 0.3) is 11.8 Å². The summed E-state index contributed by atoms with van der Waals surface area (Å²) in [7, 11) is 1.91. The lowest BCUT2D eigenvalue weighted by Gasteiger charge is -2.23. The molecule has 3 heterocycles. The Labute approximate surface area is 185 Å². The Kier molecular flexibility index (Phi) is 4.86. The summed E-state index contributed by atoms with van der Waals surface area (Å²) in [5.74, 6) is 0.225. The van der Waals surface area contributed by atoms with Crippen LogP contribution < -0.4 is 10.2 Å². The Morgan fingerprint density at radius 1 is 1.06 bits per heavy atom. The van der Waals surface area contributed by atoms with Crippen LogP contribution in [0.15, 0.2) is 71.5 Å². The summed E-state index contributed by atoms with van der Waals surface area (Å²) in [5.41, 5.74) is 5.50. The number of carbonyl (C=O) groups excluding carboxylic acids is 2. The van der Waals surface area contributed by atoms with E-state index < -0.39 is 0 Å². The van der Waals surface area contributed by atoms with Crippen LogP contribution in [0.25, 0.3) is 11.3 Å². The first kappa shape index (κ1) is 19.8. The molecule has 4 aromatic rings. The molecule has 1 aliphatic heterocycles. The van der Waals surface area contributed by atoms with E-state index in [9.17, 15) is 9.59 Å². The summed E-state index contributed by atoms with van der Waals surface area (Å²) in [6.45, 7) is 2.30. The van der Waals surface area contributed by atoms with Gasteiger partial charge < -0.3 is 14.6 Å². The fourth-order valence-electron chi connectivity index (χ4n) is 4.09. The Hall–Kier alpha value is -4.13.